The maximum absolute atomic E-state index is 11.4. The van der Waals surface area contributed by atoms with Crippen LogP contribution in [0.15, 0.2) is 48.6 Å². The van der Waals surface area contributed by atoms with Crippen LogP contribution in [0, 0.1) is 0 Å². The summed E-state index contributed by atoms with van der Waals surface area (Å²) in [5.74, 6) is -0.165. The Kier molecular flexibility index (Phi) is 17.5. The lowest BCUT2D eigenvalue weighted by atomic mass is 10.1. The van der Waals surface area contributed by atoms with Crippen LogP contribution in [-0.4, -0.2) is 41.9 Å². The Bertz CT molecular complexity index is 625. The Morgan fingerprint density at radius 1 is 0.788 bits per heavy atom. The van der Waals surface area contributed by atoms with Gasteiger partial charge in [-0.1, -0.05) is 68.4 Å². The number of unbranched alkanes of at least 4 members (excludes halogenated alkanes) is 3. The van der Waals surface area contributed by atoms with Gasteiger partial charge in [0.1, 0.15) is 0 Å². The van der Waals surface area contributed by atoms with Gasteiger partial charge in [0.05, 0.1) is 19.3 Å². The molecule has 0 radical (unpaired) electrons. The molecule has 6 heteroatoms. The van der Waals surface area contributed by atoms with E-state index >= 15 is 0 Å². The molecule has 0 amide bonds. The van der Waals surface area contributed by atoms with E-state index in [-0.39, 0.29) is 18.2 Å². The average Bonchev–Trinajstić information content (AvgIpc) is 2.70. The largest absolute Gasteiger partial charge is 0.469 e. The third-order valence-electron chi connectivity index (χ3n) is 4.60. The quantitative estimate of drug-likeness (QED) is 0.0637. The van der Waals surface area contributed by atoms with Crippen molar-refractivity contribution >= 4 is 22.6 Å². The summed E-state index contributed by atoms with van der Waals surface area (Å²) in [4.78, 5) is 11.4. The van der Waals surface area contributed by atoms with Gasteiger partial charge in [-0.2, -0.15) is 0 Å². The van der Waals surface area contributed by atoms with Crippen LogP contribution in [0.2, 0.25) is 39.3 Å². The number of methoxy groups -OCH3 is 1. The Balaban J connectivity index is 4.82. The van der Waals surface area contributed by atoms with Crippen LogP contribution in [0.25, 0.3) is 0 Å². The molecule has 2 atom stereocenters. The maximum Gasteiger partial charge on any atom is 0.305 e. The van der Waals surface area contributed by atoms with Gasteiger partial charge in [-0.3, -0.25) is 4.79 Å². The zero-order valence-electron chi connectivity index (χ0n) is 22.6. The monoisotopic (exact) mass is 494 g/mol. The summed E-state index contributed by atoms with van der Waals surface area (Å²) in [5.41, 5.74) is 0. The molecule has 2 unspecified atom stereocenters. The lowest BCUT2D eigenvalue weighted by Gasteiger charge is -2.24. The minimum Gasteiger partial charge on any atom is -0.469 e. The number of esters is 1. The third-order valence-corrected chi connectivity index (χ3v) is 6.62. The highest BCUT2D eigenvalue weighted by Gasteiger charge is 2.20. The molecule has 0 bridgehead atoms. The predicted molar refractivity (Wildman–Crippen MR) is 148 cm³/mol. The fourth-order valence-electron chi connectivity index (χ4n) is 3.18. The standard InChI is InChI=1S/C27H50O4Si2/c1-9-10-11-12-13-16-20-25(30-32(3,4)5)21-17-14-15-18-22-26(31-33(6,7)8)23-19-24-27(28)29-2/h13-18,21-22,25-26H,9-12,19-20,23-24H2,1-8H3/b15-14-,16-13-,21-17-,22-18+. The molecule has 0 aromatic carbocycles. The Morgan fingerprint density at radius 2 is 1.36 bits per heavy atom. The van der Waals surface area contributed by atoms with Crippen molar-refractivity contribution in [2.75, 3.05) is 7.11 Å². The molecule has 0 saturated heterocycles. The lowest BCUT2D eigenvalue weighted by molar-refractivity contribution is -0.140. The van der Waals surface area contributed by atoms with E-state index in [9.17, 15) is 4.79 Å². The van der Waals surface area contributed by atoms with Gasteiger partial charge in [0.15, 0.2) is 16.6 Å². The second kappa shape index (κ2) is 18.2. The van der Waals surface area contributed by atoms with E-state index in [1.165, 1.54) is 26.4 Å². The molecule has 0 aromatic rings. The smallest absolute Gasteiger partial charge is 0.305 e. The summed E-state index contributed by atoms with van der Waals surface area (Å²) in [6, 6.07) is 0. The van der Waals surface area contributed by atoms with Crippen molar-refractivity contribution in [3.05, 3.63) is 48.6 Å². The molecule has 0 heterocycles. The van der Waals surface area contributed by atoms with Gasteiger partial charge in [0, 0.05) is 6.42 Å². The van der Waals surface area contributed by atoms with Gasteiger partial charge in [-0.05, 0) is 71.4 Å². The number of hydrogen-bond acceptors (Lipinski definition) is 4. The zero-order chi connectivity index (χ0) is 25.2. The second-order valence-electron chi connectivity index (χ2n) is 10.4. The first-order valence-electron chi connectivity index (χ1n) is 12.6. The zero-order valence-corrected chi connectivity index (χ0v) is 24.6. The Hall–Kier alpha value is -1.22. The van der Waals surface area contributed by atoms with Crippen molar-refractivity contribution in [1.29, 1.82) is 0 Å². The number of rotatable bonds is 18. The fourth-order valence-corrected chi connectivity index (χ4v) is 5.37. The Labute approximate surface area is 206 Å². The van der Waals surface area contributed by atoms with Gasteiger partial charge < -0.3 is 13.6 Å². The minimum absolute atomic E-state index is 0.0239. The maximum atomic E-state index is 11.4. The molecule has 0 N–H and O–H groups in total. The van der Waals surface area contributed by atoms with E-state index in [4.69, 9.17) is 13.6 Å². The topological polar surface area (TPSA) is 44.8 Å². The summed E-state index contributed by atoms with van der Waals surface area (Å²) in [5, 5.41) is 0. The van der Waals surface area contributed by atoms with Crippen molar-refractivity contribution < 1.29 is 18.4 Å². The average molecular weight is 495 g/mol. The van der Waals surface area contributed by atoms with Crippen molar-refractivity contribution in [2.45, 2.75) is 110 Å². The fraction of sp³-hybridized carbons (Fsp3) is 0.667. The molecular formula is C27H50O4Si2. The van der Waals surface area contributed by atoms with Crippen LogP contribution >= 0.6 is 0 Å². The minimum atomic E-state index is -1.67. The second-order valence-corrected chi connectivity index (χ2v) is 19.3. The van der Waals surface area contributed by atoms with Gasteiger partial charge in [-0.15, -0.1) is 0 Å². The molecule has 0 aliphatic heterocycles. The first-order valence-corrected chi connectivity index (χ1v) is 19.4. The van der Waals surface area contributed by atoms with Crippen LogP contribution in [0.3, 0.4) is 0 Å². The van der Waals surface area contributed by atoms with Crippen LogP contribution in [0.4, 0.5) is 0 Å². The third kappa shape index (κ3) is 22.3. The van der Waals surface area contributed by atoms with Crippen molar-refractivity contribution in [3.63, 3.8) is 0 Å². The van der Waals surface area contributed by atoms with Crippen LogP contribution in [0.5, 0.6) is 0 Å². The number of carbonyl (C=O) groups excluding carboxylic acids is 1. The SMILES string of the molecule is CCCCC/C=C\CC(\C=C/C=C\C=C\C(CCCC(=O)OC)O[Si](C)(C)C)O[Si](C)(C)C. The van der Waals surface area contributed by atoms with E-state index in [0.717, 1.165) is 25.7 Å². The van der Waals surface area contributed by atoms with E-state index in [1.54, 1.807) is 0 Å². The van der Waals surface area contributed by atoms with E-state index in [2.05, 4.69) is 76.6 Å². The summed E-state index contributed by atoms with van der Waals surface area (Å²) in [6.45, 7) is 15.5. The van der Waals surface area contributed by atoms with Crippen LogP contribution in [0.1, 0.15) is 58.3 Å². The first-order chi connectivity index (χ1) is 15.5. The van der Waals surface area contributed by atoms with Crippen LogP contribution < -0.4 is 0 Å². The predicted octanol–water partition coefficient (Wildman–Crippen LogP) is 7.97. The lowest BCUT2D eigenvalue weighted by Crippen LogP contribution is -2.31. The highest BCUT2D eigenvalue weighted by Crippen LogP contribution is 2.15. The van der Waals surface area contributed by atoms with E-state index in [1.807, 2.05) is 18.2 Å². The van der Waals surface area contributed by atoms with E-state index < -0.39 is 16.6 Å². The van der Waals surface area contributed by atoms with Crippen molar-refractivity contribution in [1.82, 2.24) is 0 Å². The summed E-state index contributed by atoms with van der Waals surface area (Å²) < 4.78 is 17.3. The van der Waals surface area contributed by atoms with Gasteiger partial charge >= 0.3 is 5.97 Å². The van der Waals surface area contributed by atoms with Crippen LogP contribution in [-0.2, 0) is 18.4 Å². The summed E-state index contributed by atoms with van der Waals surface area (Å²) in [7, 11) is -1.84. The number of hydrogen-bond donors (Lipinski definition) is 0. The number of ether oxygens (including phenoxy) is 1. The summed E-state index contributed by atoms with van der Waals surface area (Å²) >= 11 is 0. The molecule has 190 valence electrons. The molecule has 4 nitrogen and oxygen atoms in total. The molecule has 0 aliphatic rings. The molecule has 0 rings (SSSR count). The number of carbonyl (C=O) groups is 1. The number of allylic oxidation sites excluding steroid dienone is 5. The van der Waals surface area contributed by atoms with Crippen molar-refractivity contribution in [3.8, 4) is 0 Å². The molecular weight excluding hydrogens is 444 g/mol. The Morgan fingerprint density at radius 3 is 1.91 bits per heavy atom. The molecule has 0 saturated carbocycles. The van der Waals surface area contributed by atoms with Crippen molar-refractivity contribution in [2.24, 2.45) is 0 Å². The molecule has 33 heavy (non-hydrogen) atoms. The normalized spacial score (nSPS) is 15.3. The van der Waals surface area contributed by atoms with Gasteiger partial charge in [-0.25, -0.2) is 0 Å². The molecule has 0 fully saturated rings. The summed E-state index contributed by atoms with van der Waals surface area (Å²) in [6.07, 6.45) is 25.0. The van der Waals surface area contributed by atoms with Gasteiger partial charge in [0.25, 0.3) is 0 Å². The van der Waals surface area contributed by atoms with E-state index in [0.29, 0.717) is 6.42 Å². The molecule has 0 aliphatic carbocycles. The highest BCUT2D eigenvalue weighted by atomic mass is 28.4. The first kappa shape index (κ1) is 31.8. The molecule has 0 aromatic heterocycles. The highest BCUT2D eigenvalue weighted by molar-refractivity contribution is 6.70. The van der Waals surface area contributed by atoms with Gasteiger partial charge in [0.2, 0.25) is 0 Å². The molecule has 0 spiro atoms.